The summed E-state index contributed by atoms with van der Waals surface area (Å²) in [5.41, 5.74) is 17.8. The molecule has 446 valence electrons. The van der Waals surface area contributed by atoms with Crippen molar-refractivity contribution in [2.75, 3.05) is 0 Å². The highest BCUT2D eigenvalue weighted by molar-refractivity contribution is 7.98. The fraction of sp³-hybridized carbons (Fsp3) is 0.153. The molecule has 0 aliphatic carbocycles. The molecule has 0 saturated heterocycles. The van der Waals surface area contributed by atoms with Crippen molar-refractivity contribution in [3.05, 3.63) is 357 Å². The van der Waals surface area contributed by atoms with Crippen molar-refractivity contribution in [2.45, 2.75) is 149 Å². The van der Waals surface area contributed by atoms with Gasteiger partial charge in [0.15, 0.2) is 58.7 Å². The Morgan fingerprint density at radius 2 is 0.337 bits per heavy atom. The molecule has 0 aliphatic heterocycles. The first-order valence-corrected chi connectivity index (χ1v) is 35.7. The van der Waals surface area contributed by atoms with Crippen LogP contribution in [0.3, 0.4) is 0 Å². The highest BCUT2D eigenvalue weighted by atomic mass is 32.2. The first-order valence-electron chi connectivity index (χ1n) is 30.8. The minimum atomic E-state index is -0.0666. The van der Waals surface area contributed by atoms with Crippen LogP contribution in [-0.4, -0.2) is 0 Å². The van der Waals surface area contributed by atoms with Crippen molar-refractivity contribution in [3.8, 4) is 0 Å². The maximum absolute atomic E-state index is 2.30. The second-order valence-corrected chi connectivity index (χ2v) is 31.0. The van der Waals surface area contributed by atoms with E-state index in [2.05, 4.69) is 375 Å². The number of hydrogen-bond donors (Lipinski definition) is 0. The van der Waals surface area contributed by atoms with Crippen molar-refractivity contribution in [3.63, 3.8) is 0 Å². The Morgan fingerprint density at radius 3 is 0.562 bits per heavy atom. The molecule has 0 N–H and O–H groups in total. The van der Waals surface area contributed by atoms with Crippen molar-refractivity contribution in [1.29, 1.82) is 0 Å². The molecule has 12 rings (SSSR count). The molecule has 4 heteroatoms. The van der Waals surface area contributed by atoms with Gasteiger partial charge >= 0.3 is 0 Å². The molecule has 0 saturated carbocycles. The topological polar surface area (TPSA) is 0 Å². The molecule has 0 spiro atoms. The van der Waals surface area contributed by atoms with E-state index in [1.54, 1.807) is 0 Å². The van der Waals surface area contributed by atoms with Gasteiger partial charge in [-0.15, -0.1) is 0 Å². The zero-order valence-electron chi connectivity index (χ0n) is 54.3. The molecule has 0 aromatic heterocycles. The molecule has 0 amide bonds. The summed E-state index contributed by atoms with van der Waals surface area (Å²) in [6, 6.07) is 104. The lowest BCUT2D eigenvalue weighted by atomic mass is 9.95. The smallest absolute Gasteiger partial charge is 0.0619 e. The lowest BCUT2D eigenvalue weighted by Crippen LogP contribution is -2.11. The Morgan fingerprint density at radius 1 is 0.157 bits per heavy atom. The van der Waals surface area contributed by atoms with Crippen LogP contribution < -0.4 is 0 Å². The first-order chi connectivity index (χ1) is 43.1. The summed E-state index contributed by atoms with van der Waals surface area (Å²) in [7, 11) is -0.183. The average Bonchev–Trinajstić information content (AvgIpc) is 0.866. The van der Waals surface area contributed by atoms with Gasteiger partial charge in [-0.3, -0.25) is 0 Å². The third-order valence-corrected chi connectivity index (χ3v) is 25.6. The summed E-state index contributed by atoms with van der Waals surface area (Å²) in [6.07, 6.45) is 0. The summed E-state index contributed by atoms with van der Waals surface area (Å²) in [5, 5.41) is 0. The van der Waals surface area contributed by atoms with E-state index in [1.807, 2.05) is 0 Å². The van der Waals surface area contributed by atoms with E-state index < -0.39 is 0 Å². The number of benzene rings is 12. The summed E-state index contributed by atoms with van der Waals surface area (Å²) < 4.78 is 0. The molecule has 0 atom stereocenters. The van der Waals surface area contributed by atoms with Gasteiger partial charge in [0.1, 0.15) is 0 Å². The van der Waals surface area contributed by atoms with Gasteiger partial charge in [-0.25, -0.2) is 0 Å². The van der Waals surface area contributed by atoms with Crippen molar-refractivity contribution in [2.24, 2.45) is 0 Å². The monoisotopic (exact) mass is 1230 g/mol. The average molecular weight is 1240 g/mol. The third-order valence-electron chi connectivity index (χ3n) is 16.1. The van der Waals surface area contributed by atoms with Crippen LogP contribution >= 0.6 is 0 Å². The summed E-state index contributed by atoms with van der Waals surface area (Å²) in [5.74, 6) is 0. The highest BCUT2D eigenvalue weighted by Crippen LogP contribution is 2.40. The Balaban J connectivity index is 0.000000141. The third kappa shape index (κ3) is 16.9. The van der Waals surface area contributed by atoms with Gasteiger partial charge < -0.3 is 0 Å². The van der Waals surface area contributed by atoms with E-state index in [9.17, 15) is 0 Å². The van der Waals surface area contributed by atoms with Crippen LogP contribution in [0, 0.1) is 90.0 Å². The van der Waals surface area contributed by atoms with Crippen LogP contribution in [0.15, 0.2) is 344 Å². The number of rotatable bonds is 12. The molecular weight excluding hydrogens is 1150 g/mol. The Kier molecular flexibility index (Phi) is 23.2. The molecule has 0 bridgehead atoms. The van der Waals surface area contributed by atoms with Gasteiger partial charge in [-0.05, 0) is 228 Å². The largest absolute Gasteiger partial charge is 0.172 e. The van der Waals surface area contributed by atoms with Crippen molar-refractivity contribution in [1.82, 2.24) is 0 Å². The quantitative estimate of drug-likeness (QED) is 0.107. The second kappa shape index (κ2) is 31.5. The van der Waals surface area contributed by atoms with E-state index in [1.165, 1.54) is 131 Å². The van der Waals surface area contributed by atoms with Crippen molar-refractivity contribution >= 4 is 43.6 Å². The summed E-state index contributed by atoms with van der Waals surface area (Å²) >= 11 is 0. The van der Waals surface area contributed by atoms with Crippen LogP contribution in [0.25, 0.3) is 0 Å². The van der Waals surface area contributed by atoms with E-state index in [0.29, 0.717) is 0 Å². The minimum absolute atomic E-state index is 0.0312. The van der Waals surface area contributed by atoms with Crippen LogP contribution in [0.1, 0.15) is 72.3 Å². The molecule has 0 unspecified atom stereocenters. The van der Waals surface area contributed by atoms with Gasteiger partial charge in [0.2, 0.25) is 0 Å². The molecule has 0 aliphatic rings. The van der Waals surface area contributed by atoms with Crippen LogP contribution in [0.2, 0.25) is 0 Å². The molecule has 0 fully saturated rings. The molecule has 0 radical (unpaired) electrons. The maximum Gasteiger partial charge on any atom is 0.172 e. The maximum atomic E-state index is 2.30. The lowest BCUT2D eigenvalue weighted by molar-refractivity contribution is 1.08. The molecule has 12 aromatic rings. The lowest BCUT2D eigenvalue weighted by Gasteiger charge is -2.18. The number of aryl methyl sites for hydroxylation is 8. The zero-order chi connectivity index (χ0) is 63.0. The Hall–Kier alpha value is -7.96. The predicted octanol–water partition coefficient (Wildman–Crippen LogP) is 23.1. The predicted molar refractivity (Wildman–Crippen MR) is 388 cm³/mol. The highest BCUT2D eigenvalue weighted by Gasteiger charge is 2.35. The van der Waals surface area contributed by atoms with Gasteiger partial charge in [0, 0.05) is 22.3 Å². The van der Waals surface area contributed by atoms with E-state index in [-0.39, 0.29) is 43.6 Å². The fourth-order valence-electron chi connectivity index (χ4n) is 11.0. The molecule has 89 heavy (non-hydrogen) atoms. The first kappa shape index (κ1) is 65.5. The summed E-state index contributed by atoms with van der Waals surface area (Å²) in [4.78, 5) is 16.7. The molecule has 0 heterocycles. The van der Waals surface area contributed by atoms with Crippen LogP contribution in [-0.2, 0) is 43.6 Å². The molecule has 12 aromatic carbocycles. The molecule has 0 nitrogen and oxygen atoms in total. The van der Waals surface area contributed by atoms with Gasteiger partial charge in [0.05, 0.1) is 43.6 Å². The van der Waals surface area contributed by atoms with Crippen LogP contribution in [0.5, 0.6) is 0 Å². The SMILES string of the molecule is Cc1c(C)c(C)c([S+](c2ccccc2)c2ccccc2)c(C)c1C.Cc1cc(C)c([S+](c2ccccc2)c2ccccc2)c(C)c1.Cc1ccc([S+](c2ccc(C)cc2)c2ccc(C)cc2)cc1.Cc1ccc([S+](c2ccccc2)c2ccc(C)cc2)cc1. The van der Waals surface area contributed by atoms with Gasteiger partial charge in [-0.1, -0.05) is 197 Å². The molecular formula is C85H86S4+4. The standard InChI is InChI=1S/C23H25S.2C21H21S.C20H19S/c1-16-17(2)19(4)23(20(5)18(16)3)24(21-12-8-6-9-13-21)22-14-10-7-11-15-22;1-16-4-10-19(11-5-16)22(20-12-6-17(2)7-13-20)21-14-8-18(3)9-15-21;1-16-14-17(2)21(18(3)15-16)22(19-10-6-4-7-11-19)20-12-8-5-9-13-20;1-16-8-12-19(13-9-16)21(18-6-4-3-5-7-18)20-14-10-17(2)11-15-20/h6-15H,1-5H3;2*4-15H,1-3H3;3-15H,1-2H3/q4*+1. The minimum Gasteiger partial charge on any atom is -0.0619 e. The van der Waals surface area contributed by atoms with E-state index in [0.717, 1.165) is 0 Å². The summed E-state index contributed by atoms with van der Waals surface area (Å²) in [6.45, 7) is 28.7. The fourth-order valence-corrected chi connectivity index (χ4v) is 20.0. The van der Waals surface area contributed by atoms with Crippen molar-refractivity contribution < 1.29 is 0 Å². The Bertz CT molecular complexity index is 3860. The van der Waals surface area contributed by atoms with Crippen LogP contribution in [0.4, 0.5) is 0 Å². The normalized spacial score (nSPS) is 10.9. The van der Waals surface area contributed by atoms with E-state index in [4.69, 9.17) is 0 Å². The zero-order valence-corrected chi connectivity index (χ0v) is 57.5. The Labute approximate surface area is 545 Å². The second-order valence-electron chi connectivity index (χ2n) is 23.0. The van der Waals surface area contributed by atoms with Gasteiger partial charge in [-0.2, -0.15) is 0 Å². The van der Waals surface area contributed by atoms with E-state index >= 15 is 0 Å². The van der Waals surface area contributed by atoms with Gasteiger partial charge in [0.25, 0.3) is 0 Å². The number of hydrogen-bond acceptors (Lipinski definition) is 0.